The Kier molecular flexibility index (Phi) is 19.5. The minimum Gasteiger partial charge on any atom is -0.390 e. The zero-order chi connectivity index (χ0) is 33.2. The molecule has 0 aromatic rings. The molecule has 4 heterocycles. The highest BCUT2D eigenvalue weighted by Crippen LogP contribution is 2.39. The molecule has 4 aliphatic heterocycles. The molecule has 0 aromatic heterocycles. The maximum atomic E-state index is 12.8. The molecule has 12 nitrogen and oxygen atoms in total. The summed E-state index contributed by atoms with van der Waals surface area (Å²) >= 11 is 0. The number of nitrogens with two attached hydrogens (primary N) is 3. The number of hydrogen-bond donors (Lipinski definition) is 6. The van der Waals surface area contributed by atoms with Crippen LogP contribution >= 0.6 is 7.82 Å². The van der Waals surface area contributed by atoms with E-state index in [4.69, 9.17) is 33.4 Å². The van der Waals surface area contributed by atoms with E-state index in [0.29, 0.717) is 50.3 Å². The Bertz CT molecular complexity index is 836. The van der Waals surface area contributed by atoms with E-state index in [0.717, 1.165) is 26.2 Å². The number of halogens is 1. The van der Waals surface area contributed by atoms with Crippen LogP contribution in [0.5, 0.6) is 0 Å². The summed E-state index contributed by atoms with van der Waals surface area (Å²) in [4.78, 5) is 25.6. The summed E-state index contributed by atoms with van der Waals surface area (Å²) in [5.41, 5.74) is 16.9. The Morgan fingerprint density at radius 3 is 1.36 bits per heavy atom. The maximum Gasteiger partial charge on any atom is 0.469 e. The third-order valence-corrected chi connectivity index (χ3v) is 8.94. The van der Waals surface area contributed by atoms with E-state index < -0.39 is 14.0 Å². The Balaban J connectivity index is 0.000000558. The summed E-state index contributed by atoms with van der Waals surface area (Å²) in [6.45, 7) is 22.7. The van der Waals surface area contributed by atoms with Crippen LogP contribution in [-0.2, 0) is 9.09 Å². The lowest BCUT2D eigenvalue weighted by molar-refractivity contribution is -0.0154. The molecule has 0 amide bonds. The molecule has 0 radical (unpaired) electrons. The number of phosphoric ester groups is 1. The van der Waals surface area contributed by atoms with Crippen LogP contribution in [0.3, 0.4) is 0 Å². The topological polar surface area (TPSA) is 178 Å². The van der Waals surface area contributed by atoms with Gasteiger partial charge in [-0.25, -0.2) is 8.96 Å². The number of terminal acetylenes is 1. The number of alkyl halides is 1. The van der Waals surface area contributed by atoms with Gasteiger partial charge in [0.25, 0.3) is 0 Å². The largest absolute Gasteiger partial charge is 0.469 e. The van der Waals surface area contributed by atoms with Crippen molar-refractivity contribution in [3.05, 3.63) is 0 Å². The maximum absolute atomic E-state index is 12.8. The fourth-order valence-corrected chi connectivity index (χ4v) is 5.64. The summed E-state index contributed by atoms with van der Waals surface area (Å²) in [7, 11) is -4.27. The van der Waals surface area contributed by atoms with Gasteiger partial charge in [0, 0.05) is 101 Å². The predicted molar refractivity (Wildman–Crippen MR) is 178 cm³/mol. The number of rotatable bonds is 6. The number of nitrogens with zero attached hydrogens (tertiary/aromatic N) is 4. The van der Waals surface area contributed by atoms with Crippen molar-refractivity contribution < 1.29 is 28.4 Å². The van der Waals surface area contributed by atoms with Gasteiger partial charge in [-0.3, -0.25) is 24.1 Å². The molecule has 9 N–H and O–H groups in total. The van der Waals surface area contributed by atoms with Crippen LogP contribution in [0.4, 0.5) is 4.39 Å². The van der Waals surface area contributed by atoms with E-state index >= 15 is 0 Å². The molecule has 14 heteroatoms. The molecule has 4 saturated heterocycles. The highest BCUT2D eigenvalue weighted by molar-refractivity contribution is 7.46. The molecule has 4 aliphatic rings. The van der Waals surface area contributed by atoms with Gasteiger partial charge >= 0.3 is 7.82 Å². The fraction of sp³-hybridized carbons (Fsp3) is 0.933. The predicted octanol–water partition coefficient (Wildman–Crippen LogP) is 0.886. The highest BCUT2D eigenvalue weighted by Gasteiger charge is 2.34. The molecule has 0 aromatic carbocycles. The molecule has 6 atom stereocenters. The molecule has 262 valence electrons. The number of aliphatic hydroxyl groups excluding tert-OH is 1. The fourth-order valence-electron chi connectivity index (χ4n) is 5.12. The van der Waals surface area contributed by atoms with Crippen LogP contribution in [0.1, 0.15) is 62.8 Å². The smallest absolute Gasteiger partial charge is 0.390 e. The SMILES string of the molecule is C.C#C[C@@H]1CN(C(C)C)C[C@H]1N.CC(C)N1CC(N)C(F)C1.CC(C)N1CC(O)[C@H](N)C1.CC(C)N1CC(OP(=O)(O)O)C1. The van der Waals surface area contributed by atoms with E-state index in [2.05, 4.69) is 71.6 Å². The van der Waals surface area contributed by atoms with Gasteiger partial charge in [0.05, 0.1) is 12.2 Å². The zero-order valence-electron chi connectivity index (χ0n) is 27.6. The standard InChI is InChI=1S/C9H16N2.C7H15FN2.C7H16N2O.C6H14NO4P.CH4/c1-4-8-5-11(7(2)3)6-9(8)10;1-5(2)10-3-6(8)7(9)4-10;1-5(2)9-3-6(8)7(10)4-9;1-5(2)7-3-6(4-7)11-12(8,9)10;/h1,7-9H,5-6,10H2,2-3H3;5-7H,3-4,9H2,1-2H3;5-7,10H,3-4,8H2,1-2H3;5-6H,3-4H2,1-2H3,(H2,8,9,10);1H4/t8-,9-;;6-,7?;;/m1.1../s1. The van der Waals surface area contributed by atoms with Gasteiger partial charge in [-0.15, -0.1) is 12.3 Å². The number of likely N-dealkylation sites (tertiary alicyclic amines) is 4. The van der Waals surface area contributed by atoms with Gasteiger partial charge < -0.3 is 32.1 Å². The van der Waals surface area contributed by atoms with E-state index in [-0.39, 0.29) is 43.7 Å². The van der Waals surface area contributed by atoms with Crippen molar-refractivity contribution in [1.82, 2.24) is 19.6 Å². The Morgan fingerprint density at radius 2 is 1.11 bits per heavy atom. The monoisotopic (exact) mass is 653 g/mol. The third-order valence-electron chi connectivity index (χ3n) is 8.37. The van der Waals surface area contributed by atoms with E-state index in [1.54, 1.807) is 0 Å². The average Bonchev–Trinajstić information content (AvgIpc) is 3.53. The first-order chi connectivity index (χ1) is 19.7. The number of aliphatic hydroxyl groups is 1. The van der Waals surface area contributed by atoms with Gasteiger partial charge in [-0.1, -0.05) is 7.43 Å². The Labute approximate surface area is 267 Å². The van der Waals surface area contributed by atoms with E-state index in [1.165, 1.54) is 0 Å². The summed E-state index contributed by atoms with van der Waals surface area (Å²) < 4.78 is 27.6. The van der Waals surface area contributed by atoms with E-state index in [9.17, 15) is 14.1 Å². The van der Waals surface area contributed by atoms with Crippen molar-refractivity contribution in [3.63, 3.8) is 0 Å². The van der Waals surface area contributed by atoms with Crippen molar-refractivity contribution in [2.45, 2.75) is 123 Å². The van der Waals surface area contributed by atoms with Crippen molar-refractivity contribution in [1.29, 1.82) is 0 Å². The molecule has 0 bridgehead atoms. The van der Waals surface area contributed by atoms with Crippen LogP contribution in [0, 0.1) is 18.3 Å². The quantitative estimate of drug-likeness (QED) is 0.177. The highest BCUT2D eigenvalue weighted by atomic mass is 31.2. The number of β-amino-alcohol motifs (C(OH)–C–C–N with tert-alkyl or cyclic N) is 1. The molecule has 0 aliphatic carbocycles. The molecular weight excluding hydrogens is 588 g/mol. The first-order valence-corrected chi connectivity index (χ1v) is 17.0. The first-order valence-electron chi connectivity index (χ1n) is 15.5. The first kappa shape index (κ1) is 43.3. The number of phosphoric acid groups is 1. The van der Waals surface area contributed by atoms with Gasteiger partial charge in [0.1, 0.15) is 6.17 Å². The minimum atomic E-state index is -4.27. The summed E-state index contributed by atoms with van der Waals surface area (Å²) in [6, 6.07) is 1.79. The van der Waals surface area contributed by atoms with Crippen LogP contribution < -0.4 is 17.2 Å². The van der Waals surface area contributed by atoms with Crippen LogP contribution in [0.15, 0.2) is 0 Å². The zero-order valence-corrected chi connectivity index (χ0v) is 28.5. The van der Waals surface area contributed by atoms with Crippen molar-refractivity contribution in [2.75, 3.05) is 52.4 Å². The lowest BCUT2D eigenvalue weighted by Gasteiger charge is -2.41. The lowest BCUT2D eigenvalue weighted by Crippen LogP contribution is -2.54. The second kappa shape index (κ2) is 19.8. The molecule has 3 unspecified atom stereocenters. The third kappa shape index (κ3) is 15.2. The van der Waals surface area contributed by atoms with Gasteiger partial charge in [-0.2, -0.15) is 0 Å². The summed E-state index contributed by atoms with van der Waals surface area (Å²) in [6.07, 6.45) is 3.90. The summed E-state index contributed by atoms with van der Waals surface area (Å²) in [5.74, 6) is 2.99. The summed E-state index contributed by atoms with van der Waals surface area (Å²) in [5, 5.41) is 9.25. The van der Waals surface area contributed by atoms with E-state index in [1.807, 2.05) is 13.8 Å². The van der Waals surface area contributed by atoms with Crippen LogP contribution in [0.25, 0.3) is 0 Å². The van der Waals surface area contributed by atoms with Crippen LogP contribution in [0.2, 0.25) is 0 Å². The molecule has 44 heavy (non-hydrogen) atoms. The lowest BCUT2D eigenvalue weighted by atomic mass is 10.1. The number of hydrogen-bond acceptors (Lipinski definition) is 10. The van der Waals surface area contributed by atoms with Gasteiger partial charge in [-0.05, 0) is 55.4 Å². The molecule has 0 saturated carbocycles. The molecule has 0 spiro atoms. The minimum absolute atomic E-state index is 0. The average molecular weight is 654 g/mol. The second-order valence-corrected chi connectivity index (χ2v) is 14.4. The Morgan fingerprint density at radius 1 is 0.727 bits per heavy atom. The van der Waals surface area contributed by atoms with Crippen molar-refractivity contribution >= 4 is 7.82 Å². The van der Waals surface area contributed by atoms with Crippen LogP contribution in [-0.4, -0.2) is 148 Å². The van der Waals surface area contributed by atoms with Gasteiger partial charge in [0.2, 0.25) is 0 Å². The van der Waals surface area contributed by atoms with Crippen molar-refractivity contribution in [3.8, 4) is 12.3 Å². The van der Waals surface area contributed by atoms with Crippen molar-refractivity contribution in [2.24, 2.45) is 23.1 Å². The second-order valence-electron chi connectivity index (χ2n) is 13.3. The molecule has 4 rings (SSSR count). The Hall–Kier alpha value is -0.720. The van der Waals surface area contributed by atoms with Gasteiger partial charge in [0.15, 0.2) is 0 Å². The molecular formula is C30H65FN7O5P. The molecule has 4 fully saturated rings. The normalized spacial score (nSPS) is 30.2.